The highest BCUT2D eigenvalue weighted by molar-refractivity contribution is 9.10. The van der Waals surface area contributed by atoms with E-state index in [1.165, 1.54) is 0 Å². The SMILES string of the molecule is CCc1cc(C(=O)Cc2ccc(OC)c(Br)c2)n(CC)n1. The van der Waals surface area contributed by atoms with Gasteiger partial charge >= 0.3 is 0 Å². The number of aromatic nitrogens is 2. The van der Waals surface area contributed by atoms with Gasteiger partial charge in [0.15, 0.2) is 5.78 Å². The molecule has 0 amide bonds. The number of hydrogen-bond donors (Lipinski definition) is 0. The third-order valence-corrected chi connectivity index (χ3v) is 3.98. The van der Waals surface area contributed by atoms with Gasteiger partial charge in [0.2, 0.25) is 0 Å². The molecule has 112 valence electrons. The molecule has 0 radical (unpaired) electrons. The van der Waals surface area contributed by atoms with E-state index in [2.05, 4.69) is 21.0 Å². The maximum atomic E-state index is 12.5. The Morgan fingerprint density at radius 2 is 2.10 bits per heavy atom. The first kappa shape index (κ1) is 15.8. The van der Waals surface area contributed by atoms with Crippen LogP contribution in [0.3, 0.4) is 0 Å². The monoisotopic (exact) mass is 350 g/mol. The summed E-state index contributed by atoms with van der Waals surface area (Å²) in [4.78, 5) is 12.5. The Labute approximate surface area is 133 Å². The Bertz CT molecular complexity index is 650. The molecule has 1 heterocycles. The Kier molecular flexibility index (Phi) is 5.17. The summed E-state index contributed by atoms with van der Waals surface area (Å²) in [5.41, 5.74) is 2.59. The summed E-state index contributed by atoms with van der Waals surface area (Å²) in [6.07, 6.45) is 1.19. The molecule has 0 N–H and O–H groups in total. The lowest BCUT2D eigenvalue weighted by atomic mass is 10.1. The average molecular weight is 351 g/mol. The van der Waals surface area contributed by atoms with Crippen LogP contribution in [0.15, 0.2) is 28.7 Å². The first-order chi connectivity index (χ1) is 10.1. The van der Waals surface area contributed by atoms with Gasteiger partial charge in [0.1, 0.15) is 11.4 Å². The van der Waals surface area contributed by atoms with Crippen LogP contribution in [0.2, 0.25) is 0 Å². The third kappa shape index (κ3) is 3.53. The van der Waals surface area contributed by atoms with E-state index in [1.54, 1.807) is 11.8 Å². The molecule has 0 atom stereocenters. The molecule has 0 aliphatic rings. The van der Waals surface area contributed by atoms with E-state index in [-0.39, 0.29) is 5.78 Å². The zero-order valence-electron chi connectivity index (χ0n) is 12.5. The largest absolute Gasteiger partial charge is 0.496 e. The maximum absolute atomic E-state index is 12.5. The van der Waals surface area contributed by atoms with Crippen molar-refractivity contribution < 1.29 is 9.53 Å². The number of Topliss-reactive ketones (excluding diaryl/α,β-unsaturated/α-hetero) is 1. The van der Waals surface area contributed by atoms with Gasteiger partial charge in [-0.2, -0.15) is 5.10 Å². The lowest BCUT2D eigenvalue weighted by Crippen LogP contribution is -2.11. The van der Waals surface area contributed by atoms with Gasteiger partial charge in [-0.3, -0.25) is 9.48 Å². The molecule has 2 aromatic rings. The normalized spacial score (nSPS) is 10.7. The van der Waals surface area contributed by atoms with Crippen molar-refractivity contribution in [3.8, 4) is 5.75 Å². The van der Waals surface area contributed by atoms with Crippen LogP contribution >= 0.6 is 15.9 Å². The highest BCUT2D eigenvalue weighted by Crippen LogP contribution is 2.26. The van der Waals surface area contributed by atoms with Crippen molar-refractivity contribution in [1.82, 2.24) is 9.78 Å². The minimum absolute atomic E-state index is 0.0844. The Morgan fingerprint density at radius 3 is 2.67 bits per heavy atom. The zero-order valence-corrected chi connectivity index (χ0v) is 14.1. The predicted octanol–water partition coefficient (Wildman–Crippen LogP) is 3.66. The van der Waals surface area contributed by atoms with Gasteiger partial charge in [0.05, 0.1) is 17.3 Å². The number of aryl methyl sites for hydroxylation is 2. The van der Waals surface area contributed by atoms with E-state index in [1.807, 2.05) is 38.1 Å². The number of ether oxygens (including phenoxy) is 1. The molecule has 0 bridgehead atoms. The summed E-state index contributed by atoms with van der Waals surface area (Å²) in [6, 6.07) is 7.59. The highest BCUT2D eigenvalue weighted by Gasteiger charge is 2.15. The fourth-order valence-corrected chi connectivity index (χ4v) is 2.79. The molecule has 0 aliphatic heterocycles. The molecule has 4 nitrogen and oxygen atoms in total. The minimum Gasteiger partial charge on any atom is -0.496 e. The van der Waals surface area contributed by atoms with Gasteiger partial charge in [-0.25, -0.2) is 0 Å². The standard InChI is InChI=1S/C16H19BrN2O2/c1-4-12-10-14(19(5-2)18-12)15(20)9-11-6-7-16(21-3)13(17)8-11/h6-8,10H,4-5,9H2,1-3H3. The molecular weight excluding hydrogens is 332 g/mol. The summed E-state index contributed by atoms with van der Waals surface area (Å²) in [6.45, 7) is 4.73. The number of carbonyl (C=O) groups excluding carboxylic acids is 1. The summed E-state index contributed by atoms with van der Waals surface area (Å²) >= 11 is 3.44. The molecule has 1 aromatic heterocycles. The van der Waals surface area contributed by atoms with Crippen LogP contribution in [-0.4, -0.2) is 22.7 Å². The molecule has 0 saturated heterocycles. The van der Waals surface area contributed by atoms with Crippen LogP contribution in [0.5, 0.6) is 5.75 Å². The number of hydrogen-bond acceptors (Lipinski definition) is 3. The van der Waals surface area contributed by atoms with Crippen LogP contribution in [0.1, 0.15) is 35.6 Å². The van der Waals surface area contributed by atoms with Crippen molar-refractivity contribution in [3.63, 3.8) is 0 Å². The van der Waals surface area contributed by atoms with Crippen molar-refractivity contribution in [2.75, 3.05) is 7.11 Å². The Balaban J connectivity index is 2.21. The van der Waals surface area contributed by atoms with E-state index in [0.29, 0.717) is 18.7 Å². The second kappa shape index (κ2) is 6.89. The fourth-order valence-electron chi connectivity index (χ4n) is 2.20. The van der Waals surface area contributed by atoms with Crippen molar-refractivity contribution in [2.45, 2.75) is 33.2 Å². The molecular formula is C16H19BrN2O2. The summed E-state index contributed by atoms with van der Waals surface area (Å²) < 4.78 is 7.83. The second-order valence-electron chi connectivity index (χ2n) is 4.76. The van der Waals surface area contributed by atoms with Gasteiger partial charge in [0.25, 0.3) is 0 Å². The number of nitrogens with zero attached hydrogens (tertiary/aromatic N) is 2. The average Bonchev–Trinajstić information content (AvgIpc) is 2.91. The number of rotatable bonds is 6. The van der Waals surface area contributed by atoms with Crippen molar-refractivity contribution in [3.05, 3.63) is 45.7 Å². The van der Waals surface area contributed by atoms with Crippen molar-refractivity contribution in [2.24, 2.45) is 0 Å². The molecule has 2 rings (SSSR count). The molecule has 1 aromatic carbocycles. The molecule has 21 heavy (non-hydrogen) atoms. The molecule has 0 spiro atoms. The molecule has 0 aliphatic carbocycles. The predicted molar refractivity (Wildman–Crippen MR) is 86.0 cm³/mol. The summed E-state index contributed by atoms with van der Waals surface area (Å²) in [7, 11) is 1.62. The Morgan fingerprint density at radius 1 is 1.33 bits per heavy atom. The van der Waals surface area contributed by atoms with Gasteiger partial charge in [-0.1, -0.05) is 13.0 Å². The number of halogens is 1. The first-order valence-corrected chi connectivity index (χ1v) is 7.80. The number of benzene rings is 1. The van der Waals surface area contributed by atoms with E-state index < -0.39 is 0 Å². The summed E-state index contributed by atoms with van der Waals surface area (Å²) in [5.74, 6) is 0.846. The highest BCUT2D eigenvalue weighted by atomic mass is 79.9. The lowest BCUT2D eigenvalue weighted by molar-refractivity contribution is 0.0982. The molecule has 0 fully saturated rings. The Hall–Kier alpha value is -1.62. The van der Waals surface area contributed by atoms with Gasteiger partial charge in [-0.15, -0.1) is 0 Å². The summed E-state index contributed by atoms with van der Waals surface area (Å²) in [5, 5.41) is 4.42. The zero-order chi connectivity index (χ0) is 15.4. The first-order valence-electron chi connectivity index (χ1n) is 7.01. The van der Waals surface area contributed by atoms with Crippen molar-refractivity contribution >= 4 is 21.7 Å². The van der Waals surface area contributed by atoms with E-state index >= 15 is 0 Å². The van der Waals surface area contributed by atoms with E-state index in [9.17, 15) is 4.79 Å². The quantitative estimate of drug-likeness (QED) is 0.746. The lowest BCUT2D eigenvalue weighted by Gasteiger charge is -2.07. The van der Waals surface area contributed by atoms with Gasteiger partial charge < -0.3 is 4.74 Å². The topological polar surface area (TPSA) is 44.1 Å². The number of ketones is 1. The maximum Gasteiger partial charge on any atom is 0.185 e. The number of carbonyl (C=O) groups is 1. The number of methoxy groups -OCH3 is 1. The molecule has 0 saturated carbocycles. The van der Waals surface area contributed by atoms with Crippen LogP contribution < -0.4 is 4.74 Å². The smallest absolute Gasteiger partial charge is 0.185 e. The van der Waals surface area contributed by atoms with E-state index in [0.717, 1.165) is 27.9 Å². The third-order valence-electron chi connectivity index (χ3n) is 3.36. The van der Waals surface area contributed by atoms with Crippen LogP contribution in [0.25, 0.3) is 0 Å². The minimum atomic E-state index is 0.0844. The van der Waals surface area contributed by atoms with Crippen LogP contribution in [0.4, 0.5) is 0 Å². The van der Waals surface area contributed by atoms with Crippen LogP contribution in [0, 0.1) is 0 Å². The van der Waals surface area contributed by atoms with E-state index in [4.69, 9.17) is 4.74 Å². The molecule has 0 unspecified atom stereocenters. The molecule has 5 heteroatoms. The fraction of sp³-hybridized carbons (Fsp3) is 0.375. The second-order valence-corrected chi connectivity index (χ2v) is 5.61. The van der Waals surface area contributed by atoms with Crippen LogP contribution in [-0.2, 0) is 19.4 Å². The van der Waals surface area contributed by atoms with Gasteiger partial charge in [0, 0.05) is 13.0 Å². The van der Waals surface area contributed by atoms with Crippen molar-refractivity contribution in [1.29, 1.82) is 0 Å². The van der Waals surface area contributed by atoms with Gasteiger partial charge in [-0.05, 0) is 53.0 Å².